The molecule has 0 fully saturated rings. The minimum absolute atomic E-state index is 0.414. The second kappa shape index (κ2) is 9.84. The van der Waals surface area contributed by atoms with Crippen LogP contribution in [-0.2, 0) is 14.2 Å². The van der Waals surface area contributed by atoms with Gasteiger partial charge in [0.2, 0.25) is 0 Å². The summed E-state index contributed by atoms with van der Waals surface area (Å²) in [7, 11) is 4.76. The van der Waals surface area contributed by atoms with E-state index in [1.807, 2.05) is 0 Å². The molecule has 4 heteroatoms. The van der Waals surface area contributed by atoms with E-state index in [4.69, 9.17) is 22.3 Å². The van der Waals surface area contributed by atoms with Crippen molar-refractivity contribution in [2.24, 2.45) is 5.73 Å². The molecule has 0 aliphatic carbocycles. The van der Waals surface area contributed by atoms with Crippen LogP contribution in [0.3, 0.4) is 0 Å². The van der Waals surface area contributed by atoms with Crippen LogP contribution >= 0.6 is 0 Å². The zero-order valence-electron chi connectivity index (χ0n) is 6.62. The first-order chi connectivity index (χ1) is 5.41. The van der Waals surface area contributed by atoms with Gasteiger partial charge in [-0.15, -0.1) is 0 Å². The molecular formula is C7H15NO3. The van der Waals surface area contributed by atoms with Gasteiger partial charge in [-0.2, -0.15) is 0 Å². The van der Waals surface area contributed by atoms with Gasteiger partial charge in [0.1, 0.15) is 7.11 Å². The number of ether oxygens (including phenoxy) is 3. The zero-order chi connectivity index (χ0) is 8.36. The van der Waals surface area contributed by atoms with Gasteiger partial charge in [-0.3, -0.25) is 0 Å². The van der Waals surface area contributed by atoms with Crippen LogP contribution in [-0.4, -0.2) is 39.6 Å². The first-order valence-corrected chi connectivity index (χ1v) is 3.59. The van der Waals surface area contributed by atoms with Gasteiger partial charge in [0.15, 0.2) is 0 Å². The predicted octanol–water partition coefficient (Wildman–Crippen LogP) is -0.337. The third kappa shape index (κ3) is 9.84. The molecule has 0 amide bonds. The smallest absolute Gasteiger partial charge is 0.115 e. The standard InChI is InChI=1S/C7H15NO3/c1-9-4-5-11-7-6-10-3-2-8/h1H,2-8H2. The average molecular weight is 161 g/mol. The Kier molecular flexibility index (Phi) is 9.70. The lowest BCUT2D eigenvalue weighted by Crippen LogP contribution is -2.13. The van der Waals surface area contributed by atoms with Crippen molar-refractivity contribution in [3.05, 3.63) is 7.11 Å². The van der Waals surface area contributed by atoms with E-state index in [1.165, 1.54) is 0 Å². The lowest BCUT2D eigenvalue weighted by Gasteiger charge is -2.03. The molecule has 0 atom stereocenters. The molecule has 0 saturated carbocycles. The van der Waals surface area contributed by atoms with Gasteiger partial charge in [-0.05, 0) is 0 Å². The van der Waals surface area contributed by atoms with E-state index in [9.17, 15) is 0 Å². The molecule has 2 radical (unpaired) electrons. The minimum Gasteiger partial charge on any atom is -0.378 e. The van der Waals surface area contributed by atoms with Crippen LogP contribution in [0.25, 0.3) is 0 Å². The molecule has 0 aromatic carbocycles. The molecule has 0 aromatic heterocycles. The van der Waals surface area contributed by atoms with Crippen LogP contribution in [0.4, 0.5) is 0 Å². The first-order valence-electron chi connectivity index (χ1n) is 3.59. The molecule has 0 bridgehead atoms. The molecule has 4 nitrogen and oxygen atoms in total. The highest BCUT2D eigenvalue weighted by atomic mass is 16.5. The molecule has 2 N–H and O–H groups in total. The Labute approximate surface area is 67.6 Å². The molecule has 0 rings (SSSR count). The first kappa shape index (κ1) is 10.8. The summed E-state index contributed by atoms with van der Waals surface area (Å²) in [6.07, 6.45) is 0. The normalized spacial score (nSPS) is 10.4. The topological polar surface area (TPSA) is 53.7 Å². The quantitative estimate of drug-likeness (QED) is 0.495. The number of rotatable bonds is 8. The number of hydrogen-bond acceptors (Lipinski definition) is 4. The van der Waals surface area contributed by atoms with Crippen molar-refractivity contribution in [3.63, 3.8) is 0 Å². The van der Waals surface area contributed by atoms with Crippen molar-refractivity contribution >= 4 is 0 Å². The summed E-state index contributed by atoms with van der Waals surface area (Å²) in [6, 6.07) is 0. The van der Waals surface area contributed by atoms with Crippen molar-refractivity contribution < 1.29 is 14.2 Å². The highest BCUT2D eigenvalue weighted by Crippen LogP contribution is 1.78. The lowest BCUT2D eigenvalue weighted by atomic mass is 10.7. The number of hydrogen-bond donors (Lipinski definition) is 1. The average Bonchev–Trinajstić information content (AvgIpc) is 2.03. The molecule has 0 aliphatic rings. The Bertz CT molecular complexity index is 62.7. The van der Waals surface area contributed by atoms with Gasteiger partial charge < -0.3 is 19.9 Å². The van der Waals surface area contributed by atoms with Crippen molar-refractivity contribution in [1.82, 2.24) is 0 Å². The summed E-state index contributed by atoms with van der Waals surface area (Å²) in [4.78, 5) is 0. The van der Waals surface area contributed by atoms with Gasteiger partial charge in [-0.25, -0.2) is 0 Å². The van der Waals surface area contributed by atoms with Crippen LogP contribution in [0, 0.1) is 7.11 Å². The highest BCUT2D eigenvalue weighted by Gasteiger charge is 1.87. The molecule has 0 unspecified atom stereocenters. The second-order valence-electron chi connectivity index (χ2n) is 1.88. The van der Waals surface area contributed by atoms with E-state index in [0.717, 1.165) is 0 Å². The Morgan fingerprint density at radius 2 is 1.45 bits per heavy atom. The van der Waals surface area contributed by atoms with Crippen LogP contribution in [0.5, 0.6) is 0 Å². The largest absolute Gasteiger partial charge is 0.378 e. The fourth-order valence-electron chi connectivity index (χ4n) is 0.512. The fourth-order valence-corrected chi connectivity index (χ4v) is 0.512. The molecule has 0 aliphatic heterocycles. The van der Waals surface area contributed by atoms with Crippen LogP contribution in [0.1, 0.15) is 0 Å². The van der Waals surface area contributed by atoms with Gasteiger partial charge in [-0.1, -0.05) is 0 Å². The summed E-state index contributed by atoms with van der Waals surface area (Å²) in [6.45, 7) is 3.17. The molecule has 0 saturated heterocycles. The van der Waals surface area contributed by atoms with Gasteiger partial charge in [0.05, 0.1) is 33.0 Å². The van der Waals surface area contributed by atoms with Crippen LogP contribution in [0.15, 0.2) is 0 Å². The molecule has 11 heavy (non-hydrogen) atoms. The SMILES string of the molecule is [CH]OCCOCCOCCN. The van der Waals surface area contributed by atoms with Gasteiger partial charge >= 0.3 is 0 Å². The molecule has 0 aromatic rings. The Hall–Kier alpha value is -0.160. The van der Waals surface area contributed by atoms with E-state index < -0.39 is 0 Å². The predicted molar refractivity (Wildman–Crippen MR) is 40.9 cm³/mol. The highest BCUT2D eigenvalue weighted by molar-refractivity contribution is 4.33. The Morgan fingerprint density at radius 3 is 2.00 bits per heavy atom. The molecule has 0 spiro atoms. The van der Waals surface area contributed by atoms with E-state index in [2.05, 4.69) is 4.74 Å². The van der Waals surface area contributed by atoms with Crippen LogP contribution in [0.2, 0.25) is 0 Å². The third-order valence-electron chi connectivity index (χ3n) is 0.980. The summed E-state index contributed by atoms with van der Waals surface area (Å²) in [5.41, 5.74) is 5.19. The van der Waals surface area contributed by atoms with E-state index in [1.54, 1.807) is 0 Å². The van der Waals surface area contributed by atoms with Crippen molar-refractivity contribution in [2.45, 2.75) is 0 Å². The van der Waals surface area contributed by atoms with E-state index >= 15 is 0 Å². The Morgan fingerprint density at radius 1 is 0.909 bits per heavy atom. The Balaban J connectivity index is 2.69. The zero-order valence-corrected chi connectivity index (χ0v) is 6.62. The van der Waals surface area contributed by atoms with Gasteiger partial charge in [0.25, 0.3) is 0 Å². The minimum atomic E-state index is 0.414. The second-order valence-corrected chi connectivity index (χ2v) is 1.88. The molecule has 66 valence electrons. The molecular weight excluding hydrogens is 146 g/mol. The maximum absolute atomic E-state index is 5.19. The summed E-state index contributed by atoms with van der Waals surface area (Å²) < 4.78 is 14.4. The van der Waals surface area contributed by atoms with Crippen molar-refractivity contribution in [3.8, 4) is 0 Å². The van der Waals surface area contributed by atoms with E-state index in [-0.39, 0.29) is 0 Å². The third-order valence-corrected chi connectivity index (χ3v) is 0.980. The monoisotopic (exact) mass is 161 g/mol. The van der Waals surface area contributed by atoms with E-state index in [0.29, 0.717) is 39.6 Å². The van der Waals surface area contributed by atoms with Crippen LogP contribution < -0.4 is 5.73 Å². The summed E-state index contributed by atoms with van der Waals surface area (Å²) >= 11 is 0. The molecule has 0 heterocycles. The van der Waals surface area contributed by atoms with Crippen molar-refractivity contribution in [2.75, 3.05) is 39.6 Å². The summed E-state index contributed by atoms with van der Waals surface area (Å²) in [5.74, 6) is 0. The lowest BCUT2D eigenvalue weighted by molar-refractivity contribution is 0.0319. The van der Waals surface area contributed by atoms with Crippen molar-refractivity contribution in [1.29, 1.82) is 0 Å². The maximum atomic E-state index is 5.19. The fraction of sp³-hybridized carbons (Fsp3) is 0.857. The summed E-state index contributed by atoms with van der Waals surface area (Å²) in [5, 5.41) is 0. The van der Waals surface area contributed by atoms with Gasteiger partial charge in [0, 0.05) is 6.54 Å². The number of nitrogens with two attached hydrogens (primary N) is 1. The maximum Gasteiger partial charge on any atom is 0.115 e.